The second kappa shape index (κ2) is 10.8. The number of hydrogen-bond acceptors (Lipinski definition) is 8. The van der Waals surface area contributed by atoms with Crippen LogP contribution in [0.2, 0.25) is 5.02 Å². The molecule has 2 aromatic carbocycles. The first-order chi connectivity index (χ1) is 15.5. The van der Waals surface area contributed by atoms with Crippen LogP contribution in [-0.4, -0.2) is 49.9 Å². The molecule has 168 valence electrons. The Balaban J connectivity index is 1.60. The molecule has 0 spiro atoms. The number of ether oxygens (including phenoxy) is 3. The van der Waals surface area contributed by atoms with Gasteiger partial charge in [-0.25, -0.2) is 0 Å². The van der Waals surface area contributed by atoms with Gasteiger partial charge in [0.2, 0.25) is 10.9 Å². The van der Waals surface area contributed by atoms with Gasteiger partial charge in [-0.1, -0.05) is 35.1 Å². The highest BCUT2D eigenvalue weighted by molar-refractivity contribution is 7.15. The molecule has 3 aromatic rings. The predicted octanol–water partition coefficient (Wildman–Crippen LogP) is 3.44. The summed E-state index contributed by atoms with van der Waals surface area (Å²) in [6.45, 7) is 0.347. The average Bonchev–Trinajstić information content (AvgIpc) is 3.25. The highest BCUT2D eigenvalue weighted by Gasteiger charge is 2.18. The number of amides is 2. The smallest absolute Gasteiger partial charge is 0.257 e. The molecule has 0 aliphatic heterocycles. The SMILES string of the molecule is COc1cc(C(=O)Nc2nnc(CCNC(=O)c3ccccc3Cl)s2)cc(OC)c1OC. The Morgan fingerprint density at radius 2 is 1.69 bits per heavy atom. The zero-order chi connectivity index (χ0) is 23.1. The zero-order valence-electron chi connectivity index (χ0n) is 17.6. The third-order valence-corrected chi connectivity index (χ3v) is 5.59. The first-order valence-electron chi connectivity index (χ1n) is 9.43. The largest absolute Gasteiger partial charge is 0.493 e. The summed E-state index contributed by atoms with van der Waals surface area (Å²) in [5, 5.41) is 14.9. The van der Waals surface area contributed by atoms with E-state index in [9.17, 15) is 9.59 Å². The first-order valence-corrected chi connectivity index (χ1v) is 10.6. The van der Waals surface area contributed by atoms with Crippen LogP contribution < -0.4 is 24.8 Å². The predicted molar refractivity (Wildman–Crippen MR) is 121 cm³/mol. The van der Waals surface area contributed by atoms with Crippen molar-refractivity contribution in [2.45, 2.75) is 6.42 Å². The van der Waals surface area contributed by atoms with Crippen molar-refractivity contribution in [1.82, 2.24) is 15.5 Å². The van der Waals surface area contributed by atoms with Crippen molar-refractivity contribution in [3.05, 3.63) is 57.6 Å². The molecule has 2 amide bonds. The van der Waals surface area contributed by atoms with E-state index in [0.29, 0.717) is 56.5 Å². The number of aromatic nitrogens is 2. The topological polar surface area (TPSA) is 112 Å². The van der Waals surface area contributed by atoms with E-state index in [-0.39, 0.29) is 5.91 Å². The lowest BCUT2D eigenvalue weighted by molar-refractivity contribution is 0.0953. The highest BCUT2D eigenvalue weighted by Crippen LogP contribution is 2.38. The molecule has 0 unspecified atom stereocenters. The number of rotatable bonds is 9. The van der Waals surface area contributed by atoms with Gasteiger partial charge in [0.25, 0.3) is 11.8 Å². The Labute approximate surface area is 193 Å². The molecule has 0 saturated heterocycles. The minimum absolute atomic E-state index is 0.268. The summed E-state index contributed by atoms with van der Waals surface area (Å²) >= 11 is 7.24. The van der Waals surface area contributed by atoms with Crippen molar-refractivity contribution in [1.29, 1.82) is 0 Å². The third kappa shape index (κ3) is 5.45. The van der Waals surface area contributed by atoms with Crippen molar-refractivity contribution < 1.29 is 23.8 Å². The van der Waals surface area contributed by atoms with E-state index in [2.05, 4.69) is 20.8 Å². The fourth-order valence-corrected chi connectivity index (χ4v) is 3.77. The fourth-order valence-electron chi connectivity index (χ4n) is 2.81. The summed E-state index contributed by atoms with van der Waals surface area (Å²) < 4.78 is 15.8. The number of anilines is 1. The van der Waals surface area contributed by atoms with Crippen LogP contribution in [0, 0.1) is 0 Å². The lowest BCUT2D eigenvalue weighted by Gasteiger charge is -2.13. The van der Waals surface area contributed by atoms with Gasteiger partial charge in [0.1, 0.15) is 5.01 Å². The monoisotopic (exact) mass is 476 g/mol. The van der Waals surface area contributed by atoms with E-state index in [4.69, 9.17) is 25.8 Å². The lowest BCUT2D eigenvalue weighted by atomic mass is 10.1. The summed E-state index contributed by atoms with van der Waals surface area (Å²) in [6.07, 6.45) is 0.452. The molecule has 1 aromatic heterocycles. The maximum atomic E-state index is 12.7. The van der Waals surface area contributed by atoms with Gasteiger partial charge in [-0.3, -0.25) is 14.9 Å². The molecular weight excluding hydrogens is 456 g/mol. The van der Waals surface area contributed by atoms with Crippen molar-refractivity contribution >= 4 is 39.9 Å². The second-order valence-electron chi connectivity index (χ2n) is 6.35. The number of hydrogen-bond donors (Lipinski definition) is 2. The third-order valence-electron chi connectivity index (χ3n) is 4.36. The molecule has 9 nitrogen and oxygen atoms in total. The Morgan fingerprint density at radius 3 is 2.31 bits per heavy atom. The molecule has 0 aliphatic rings. The van der Waals surface area contributed by atoms with Gasteiger partial charge in [0.15, 0.2) is 11.5 Å². The van der Waals surface area contributed by atoms with Gasteiger partial charge >= 0.3 is 0 Å². The van der Waals surface area contributed by atoms with Gasteiger partial charge in [0.05, 0.1) is 31.9 Å². The summed E-state index contributed by atoms with van der Waals surface area (Å²) in [5.41, 5.74) is 0.716. The van der Waals surface area contributed by atoms with Gasteiger partial charge in [-0.2, -0.15) is 0 Å². The van der Waals surface area contributed by atoms with Crippen LogP contribution in [0.4, 0.5) is 5.13 Å². The number of nitrogens with zero attached hydrogens (tertiary/aromatic N) is 2. The van der Waals surface area contributed by atoms with E-state index in [1.54, 1.807) is 36.4 Å². The molecule has 11 heteroatoms. The Kier molecular flexibility index (Phi) is 7.85. The summed E-state index contributed by atoms with van der Waals surface area (Å²) in [6, 6.07) is 9.90. The molecule has 2 N–H and O–H groups in total. The fraction of sp³-hybridized carbons (Fsp3) is 0.238. The lowest BCUT2D eigenvalue weighted by Crippen LogP contribution is -2.25. The van der Waals surface area contributed by atoms with Gasteiger partial charge in [0, 0.05) is 18.5 Å². The number of nitrogens with one attached hydrogen (secondary N) is 2. The number of benzene rings is 2. The number of carbonyl (C=O) groups is 2. The Bertz CT molecular complexity index is 1100. The van der Waals surface area contributed by atoms with Crippen molar-refractivity contribution in [2.24, 2.45) is 0 Å². The molecule has 3 rings (SSSR count). The van der Waals surface area contributed by atoms with E-state index >= 15 is 0 Å². The summed E-state index contributed by atoms with van der Waals surface area (Å²) in [5.74, 6) is 0.451. The molecular formula is C21H21ClN4O5S. The maximum Gasteiger partial charge on any atom is 0.257 e. The summed E-state index contributed by atoms with van der Waals surface area (Å²) in [7, 11) is 4.43. The van der Waals surface area contributed by atoms with Crippen molar-refractivity contribution in [3.8, 4) is 17.2 Å². The first kappa shape index (κ1) is 23.3. The van der Waals surface area contributed by atoms with Crippen LogP contribution in [0.25, 0.3) is 0 Å². The normalized spacial score (nSPS) is 10.4. The van der Waals surface area contributed by atoms with Crippen LogP contribution >= 0.6 is 22.9 Å². The van der Waals surface area contributed by atoms with Gasteiger partial charge in [-0.05, 0) is 24.3 Å². The molecule has 1 heterocycles. The molecule has 0 aliphatic carbocycles. The van der Waals surface area contributed by atoms with Crippen LogP contribution in [0.5, 0.6) is 17.2 Å². The molecule has 0 bridgehead atoms. The second-order valence-corrected chi connectivity index (χ2v) is 7.82. The maximum absolute atomic E-state index is 12.7. The average molecular weight is 477 g/mol. The van der Waals surface area contributed by atoms with E-state index in [0.717, 1.165) is 0 Å². The molecule has 0 saturated carbocycles. The van der Waals surface area contributed by atoms with E-state index < -0.39 is 5.91 Å². The minimum Gasteiger partial charge on any atom is -0.493 e. The van der Waals surface area contributed by atoms with Crippen LogP contribution in [-0.2, 0) is 6.42 Å². The van der Waals surface area contributed by atoms with Crippen LogP contribution in [0.3, 0.4) is 0 Å². The standard InChI is InChI=1S/C21H21ClN4O5S/c1-29-15-10-12(11-16(30-2)18(15)31-3)19(27)24-21-26-25-17(32-21)8-9-23-20(28)13-6-4-5-7-14(13)22/h4-7,10-11H,8-9H2,1-3H3,(H,23,28)(H,24,26,27). The van der Waals surface area contributed by atoms with Crippen LogP contribution in [0.15, 0.2) is 36.4 Å². The zero-order valence-corrected chi connectivity index (χ0v) is 19.2. The van der Waals surface area contributed by atoms with Gasteiger partial charge < -0.3 is 19.5 Å². The van der Waals surface area contributed by atoms with Crippen LogP contribution in [0.1, 0.15) is 25.7 Å². The number of halogens is 1. The molecule has 32 heavy (non-hydrogen) atoms. The molecule has 0 atom stereocenters. The van der Waals surface area contributed by atoms with E-state index in [1.165, 1.54) is 32.7 Å². The van der Waals surface area contributed by atoms with Crippen molar-refractivity contribution in [2.75, 3.05) is 33.2 Å². The molecule has 0 radical (unpaired) electrons. The Hall–Kier alpha value is -3.37. The quantitative estimate of drug-likeness (QED) is 0.486. The summed E-state index contributed by atoms with van der Waals surface area (Å²) in [4.78, 5) is 24.9. The minimum atomic E-state index is -0.404. The number of carbonyl (C=O) groups excluding carboxylic acids is 2. The van der Waals surface area contributed by atoms with Gasteiger partial charge in [-0.15, -0.1) is 10.2 Å². The molecule has 0 fully saturated rings. The highest BCUT2D eigenvalue weighted by atomic mass is 35.5. The van der Waals surface area contributed by atoms with Crippen molar-refractivity contribution in [3.63, 3.8) is 0 Å². The Morgan fingerprint density at radius 1 is 1.00 bits per heavy atom. The number of methoxy groups -OCH3 is 3. The van der Waals surface area contributed by atoms with E-state index in [1.807, 2.05) is 0 Å².